The summed E-state index contributed by atoms with van der Waals surface area (Å²) in [7, 11) is 1.62. The van der Waals surface area contributed by atoms with Crippen LogP contribution in [-0.2, 0) is 11.3 Å². The van der Waals surface area contributed by atoms with Crippen molar-refractivity contribution < 1.29 is 14.3 Å². The molecule has 3 rings (SSSR count). The van der Waals surface area contributed by atoms with Gasteiger partial charge in [0.1, 0.15) is 17.3 Å². The van der Waals surface area contributed by atoms with Crippen molar-refractivity contribution in [2.45, 2.75) is 19.4 Å². The lowest BCUT2D eigenvalue weighted by atomic mass is 10.2. The van der Waals surface area contributed by atoms with E-state index in [1.807, 2.05) is 48.5 Å². The van der Waals surface area contributed by atoms with Gasteiger partial charge in [-0.05, 0) is 48.4 Å². The number of benzene rings is 2. The second kappa shape index (κ2) is 9.94. The van der Waals surface area contributed by atoms with E-state index in [0.29, 0.717) is 31.8 Å². The van der Waals surface area contributed by atoms with Crippen LogP contribution in [0.25, 0.3) is 0 Å². The Kier molecular flexibility index (Phi) is 7.08. The van der Waals surface area contributed by atoms with Crippen molar-refractivity contribution in [2.75, 3.05) is 19.0 Å². The number of aromatic nitrogens is 2. The molecule has 6 nitrogen and oxygen atoms in total. The van der Waals surface area contributed by atoms with Crippen molar-refractivity contribution in [3.05, 3.63) is 70.8 Å². The fraction of sp³-hybridized carbons (Fsp3) is 0.238. The van der Waals surface area contributed by atoms with E-state index in [1.54, 1.807) is 24.1 Å². The molecule has 0 atom stereocenters. The second-order valence-corrected chi connectivity index (χ2v) is 7.09. The molecule has 146 valence electrons. The van der Waals surface area contributed by atoms with E-state index in [9.17, 15) is 4.79 Å². The standard InChI is InChI=1S/C21H22BrN3O3/c1-27-18-8-10-19(11-9-18)28-14-2-3-21(26)24-20-12-13-23-25(20)15-16-4-6-17(22)7-5-16/h4-13H,2-3,14-15H2,1H3,(H,24,26). The van der Waals surface area contributed by atoms with Crippen LogP contribution in [0, 0.1) is 0 Å². The molecule has 1 aromatic heterocycles. The van der Waals surface area contributed by atoms with E-state index < -0.39 is 0 Å². The van der Waals surface area contributed by atoms with Crippen molar-refractivity contribution in [1.82, 2.24) is 9.78 Å². The van der Waals surface area contributed by atoms with Gasteiger partial charge in [-0.15, -0.1) is 0 Å². The number of carbonyl (C=O) groups is 1. The topological polar surface area (TPSA) is 65.4 Å². The van der Waals surface area contributed by atoms with Gasteiger partial charge in [-0.1, -0.05) is 28.1 Å². The molecule has 0 aliphatic carbocycles. The normalized spacial score (nSPS) is 10.5. The van der Waals surface area contributed by atoms with Crippen LogP contribution >= 0.6 is 15.9 Å². The SMILES string of the molecule is COc1ccc(OCCCC(=O)Nc2ccnn2Cc2ccc(Br)cc2)cc1. The van der Waals surface area contributed by atoms with Crippen LogP contribution < -0.4 is 14.8 Å². The van der Waals surface area contributed by atoms with Crippen molar-refractivity contribution in [2.24, 2.45) is 0 Å². The van der Waals surface area contributed by atoms with Crippen LogP contribution in [-0.4, -0.2) is 29.4 Å². The highest BCUT2D eigenvalue weighted by Crippen LogP contribution is 2.17. The summed E-state index contributed by atoms with van der Waals surface area (Å²) in [5, 5.41) is 7.21. The smallest absolute Gasteiger partial charge is 0.225 e. The molecule has 1 heterocycles. The summed E-state index contributed by atoms with van der Waals surface area (Å²) in [5.74, 6) is 2.17. The van der Waals surface area contributed by atoms with E-state index in [2.05, 4.69) is 26.3 Å². The Hall–Kier alpha value is -2.80. The van der Waals surface area contributed by atoms with Gasteiger partial charge in [0.25, 0.3) is 0 Å². The molecule has 1 amide bonds. The number of nitrogens with one attached hydrogen (secondary N) is 1. The number of amides is 1. The van der Waals surface area contributed by atoms with Crippen molar-refractivity contribution in [3.63, 3.8) is 0 Å². The summed E-state index contributed by atoms with van der Waals surface area (Å²) in [6.07, 6.45) is 2.68. The van der Waals surface area contributed by atoms with E-state index in [-0.39, 0.29) is 5.91 Å². The first-order valence-electron chi connectivity index (χ1n) is 8.97. The Labute approximate surface area is 172 Å². The van der Waals surface area contributed by atoms with Gasteiger partial charge >= 0.3 is 0 Å². The average Bonchev–Trinajstić information content (AvgIpc) is 3.14. The fourth-order valence-electron chi connectivity index (χ4n) is 2.63. The highest BCUT2D eigenvalue weighted by atomic mass is 79.9. The number of carbonyl (C=O) groups excluding carboxylic acids is 1. The Morgan fingerprint density at radius 1 is 1.07 bits per heavy atom. The largest absolute Gasteiger partial charge is 0.497 e. The number of hydrogen-bond donors (Lipinski definition) is 1. The molecule has 2 aromatic carbocycles. The lowest BCUT2D eigenvalue weighted by Gasteiger charge is -2.10. The zero-order valence-electron chi connectivity index (χ0n) is 15.6. The lowest BCUT2D eigenvalue weighted by Crippen LogP contribution is -2.16. The van der Waals surface area contributed by atoms with Crippen LogP contribution in [0.5, 0.6) is 11.5 Å². The molecule has 0 radical (unpaired) electrons. The van der Waals surface area contributed by atoms with E-state index in [1.165, 1.54) is 0 Å². The summed E-state index contributed by atoms with van der Waals surface area (Å²) < 4.78 is 13.6. The van der Waals surface area contributed by atoms with Crippen molar-refractivity contribution in [3.8, 4) is 11.5 Å². The van der Waals surface area contributed by atoms with Crippen LogP contribution in [0.3, 0.4) is 0 Å². The fourth-order valence-corrected chi connectivity index (χ4v) is 2.89. The summed E-state index contributed by atoms with van der Waals surface area (Å²) in [6.45, 7) is 1.06. The number of hydrogen-bond acceptors (Lipinski definition) is 4. The minimum absolute atomic E-state index is 0.0594. The van der Waals surface area contributed by atoms with Gasteiger partial charge in [0, 0.05) is 17.0 Å². The number of anilines is 1. The zero-order valence-corrected chi connectivity index (χ0v) is 17.2. The predicted molar refractivity (Wildman–Crippen MR) is 112 cm³/mol. The van der Waals surface area contributed by atoms with E-state index >= 15 is 0 Å². The van der Waals surface area contributed by atoms with Crippen molar-refractivity contribution in [1.29, 1.82) is 0 Å². The molecule has 0 fully saturated rings. The minimum Gasteiger partial charge on any atom is -0.497 e. The molecule has 1 N–H and O–H groups in total. The third kappa shape index (κ3) is 5.85. The Balaban J connectivity index is 1.43. The Bertz CT molecular complexity index is 892. The molecule has 3 aromatic rings. The van der Waals surface area contributed by atoms with Gasteiger partial charge in [-0.2, -0.15) is 5.10 Å². The molecule has 0 saturated heterocycles. The Morgan fingerprint density at radius 2 is 1.79 bits per heavy atom. The molecule has 0 unspecified atom stereocenters. The summed E-state index contributed by atoms with van der Waals surface area (Å²) >= 11 is 3.43. The van der Waals surface area contributed by atoms with Crippen LogP contribution in [0.1, 0.15) is 18.4 Å². The molecular weight excluding hydrogens is 422 g/mol. The van der Waals surface area contributed by atoms with Crippen LogP contribution in [0.15, 0.2) is 65.3 Å². The molecule has 7 heteroatoms. The molecule has 0 bridgehead atoms. The summed E-state index contributed by atoms with van der Waals surface area (Å²) in [5.41, 5.74) is 1.11. The summed E-state index contributed by atoms with van der Waals surface area (Å²) in [6, 6.07) is 17.2. The number of halogens is 1. The number of methoxy groups -OCH3 is 1. The lowest BCUT2D eigenvalue weighted by molar-refractivity contribution is -0.116. The first kappa shape index (κ1) is 19.9. The van der Waals surface area contributed by atoms with Crippen LogP contribution in [0.2, 0.25) is 0 Å². The third-order valence-electron chi connectivity index (χ3n) is 4.11. The third-order valence-corrected chi connectivity index (χ3v) is 4.63. The molecule has 0 aliphatic rings. The number of nitrogens with zero attached hydrogens (tertiary/aromatic N) is 2. The highest BCUT2D eigenvalue weighted by Gasteiger charge is 2.08. The molecular formula is C21H22BrN3O3. The van der Waals surface area contributed by atoms with E-state index in [0.717, 1.165) is 21.5 Å². The van der Waals surface area contributed by atoms with Gasteiger partial charge in [0.05, 0.1) is 26.5 Å². The van der Waals surface area contributed by atoms with E-state index in [4.69, 9.17) is 9.47 Å². The first-order valence-corrected chi connectivity index (χ1v) is 9.76. The predicted octanol–water partition coefficient (Wildman–Crippen LogP) is 4.50. The Morgan fingerprint density at radius 3 is 2.50 bits per heavy atom. The number of rotatable bonds is 9. The maximum absolute atomic E-state index is 12.2. The van der Waals surface area contributed by atoms with Gasteiger partial charge in [-0.3, -0.25) is 4.79 Å². The van der Waals surface area contributed by atoms with Gasteiger partial charge < -0.3 is 14.8 Å². The maximum Gasteiger partial charge on any atom is 0.225 e. The quantitative estimate of drug-likeness (QED) is 0.494. The first-order chi connectivity index (χ1) is 13.6. The van der Waals surface area contributed by atoms with Gasteiger partial charge in [-0.25, -0.2) is 4.68 Å². The van der Waals surface area contributed by atoms with Crippen LogP contribution in [0.4, 0.5) is 5.82 Å². The molecule has 0 aliphatic heterocycles. The van der Waals surface area contributed by atoms with Gasteiger partial charge in [0.15, 0.2) is 0 Å². The average molecular weight is 444 g/mol. The zero-order chi connectivity index (χ0) is 19.8. The highest BCUT2D eigenvalue weighted by molar-refractivity contribution is 9.10. The molecule has 0 saturated carbocycles. The summed E-state index contributed by atoms with van der Waals surface area (Å²) in [4.78, 5) is 12.2. The molecule has 0 spiro atoms. The number of ether oxygens (including phenoxy) is 2. The molecule has 28 heavy (non-hydrogen) atoms. The van der Waals surface area contributed by atoms with Gasteiger partial charge in [0.2, 0.25) is 5.91 Å². The minimum atomic E-state index is -0.0594. The second-order valence-electron chi connectivity index (χ2n) is 6.18. The van der Waals surface area contributed by atoms with Crippen molar-refractivity contribution >= 4 is 27.7 Å². The maximum atomic E-state index is 12.2. The monoisotopic (exact) mass is 443 g/mol.